The number of aryl methyl sites for hydroxylation is 1. The van der Waals surface area contributed by atoms with E-state index in [1.165, 1.54) is 24.8 Å². The molecule has 1 atom stereocenters. The Morgan fingerprint density at radius 1 is 1.19 bits per heavy atom. The van der Waals surface area contributed by atoms with Crippen LogP contribution in [0.5, 0.6) is 0 Å². The molecule has 146 valence electrons. The predicted molar refractivity (Wildman–Crippen MR) is 112 cm³/mol. The Hall–Kier alpha value is -1.55. The maximum atomic E-state index is 5.26. The van der Waals surface area contributed by atoms with Gasteiger partial charge in [0.05, 0.1) is 11.0 Å². The first-order chi connectivity index (χ1) is 12.4. The summed E-state index contributed by atoms with van der Waals surface area (Å²) in [5, 5.41) is 3.34. The lowest BCUT2D eigenvalue weighted by molar-refractivity contribution is 0.142. The van der Waals surface area contributed by atoms with Crippen molar-refractivity contribution in [2.24, 2.45) is 5.92 Å². The molecule has 1 aromatic heterocycles. The summed E-state index contributed by atoms with van der Waals surface area (Å²) < 4.78 is 7.58. The predicted octanol–water partition coefficient (Wildman–Crippen LogP) is 5.61. The molecule has 0 bridgehead atoms. The number of hydrogen-bond acceptors (Lipinski definition) is 3. The molecule has 3 rings (SSSR count). The van der Waals surface area contributed by atoms with E-state index in [9.17, 15) is 0 Å². The molecule has 2 aromatic rings. The maximum absolute atomic E-state index is 5.26. The summed E-state index contributed by atoms with van der Waals surface area (Å²) in [4.78, 5) is 4.82. The van der Waals surface area contributed by atoms with Crippen LogP contribution >= 0.6 is 0 Å². The average Bonchev–Trinajstić information content (AvgIpc) is 2.80. The maximum Gasteiger partial charge on any atom is 0.115 e. The minimum Gasteiger partial charge on any atom is -0.385 e. The number of ether oxygens (including phenoxy) is 1. The van der Waals surface area contributed by atoms with Crippen LogP contribution < -0.4 is 5.32 Å². The van der Waals surface area contributed by atoms with Gasteiger partial charge in [0.25, 0.3) is 0 Å². The first kappa shape index (κ1) is 20.8. The first-order valence-electron chi connectivity index (χ1n) is 10.2. The molecule has 2 heterocycles. The van der Waals surface area contributed by atoms with Crippen LogP contribution in [0.2, 0.25) is 0 Å². The van der Waals surface area contributed by atoms with Gasteiger partial charge in [-0.15, -0.1) is 0 Å². The van der Waals surface area contributed by atoms with E-state index in [2.05, 4.69) is 69.6 Å². The lowest BCUT2D eigenvalue weighted by Crippen LogP contribution is -2.18. The summed E-state index contributed by atoms with van der Waals surface area (Å²) in [5.74, 6) is 2.06. The van der Waals surface area contributed by atoms with Crippen LogP contribution in [0, 0.1) is 5.92 Å². The van der Waals surface area contributed by atoms with Gasteiger partial charge in [0, 0.05) is 37.4 Å². The lowest BCUT2D eigenvalue weighted by Gasteiger charge is -2.19. The molecular formula is C22H37N3O. The Labute approximate surface area is 159 Å². The zero-order chi connectivity index (χ0) is 19.2. The highest BCUT2D eigenvalue weighted by molar-refractivity contribution is 5.80. The van der Waals surface area contributed by atoms with E-state index in [1.54, 1.807) is 0 Å². The van der Waals surface area contributed by atoms with E-state index in [1.807, 2.05) is 0 Å². The summed E-state index contributed by atoms with van der Waals surface area (Å²) in [7, 11) is 0. The molecule has 1 aliphatic rings. The van der Waals surface area contributed by atoms with E-state index in [0.717, 1.165) is 49.2 Å². The molecule has 4 heteroatoms. The van der Waals surface area contributed by atoms with Crippen LogP contribution in [0.3, 0.4) is 0 Å². The van der Waals surface area contributed by atoms with E-state index in [4.69, 9.17) is 9.72 Å². The number of benzene rings is 1. The molecule has 0 aliphatic carbocycles. The smallest absolute Gasteiger partial charge is 0.115 e. The van der Waals surface area contributed by atoms with Crippen molar-refractivity contribution in [3.05, 3.63) is 24.0 Å². The van der Waals surface area contributed by atoms with Crippen molar-refractivity contribution in [2.45, 2.75) is 72.8 Å². The Morgan fingerprint density at radius 3 is 2.62 bits per heavy atom. The standard InChI is InChI=1S/C15H23N3.C7H14O/c1-6-16-11-8-9-13-12(10-11)17-14(15(3,4)5)18(13)7-2;1-7-3-2-5-8-6-4-7/h8-10,16H,6-7H2,1-5H3;7H,2-6H2,1H3. The molecule has 1 N–H and O–H groups in total. The number of imidazole rings is 1. The third-order valence-corrected chi connectivity index (χ3v) is 4.86. The van der Waals surface area contributed by atoms with Gasteiger partial charge < -0.3 is 14.6 Å². The number of anilines is 1. The fourth-order valence-corrected chi connectivity index (χ4v) is 3.40. The first-order valence-corrected chi connectivity index (χ1v) is 10.2. The second-order valence-corrected chi connectivity index (χ2v) is 8.31. The SMILES string of the molecule is CC1CCCOCC1.CCNc1ccc2c(c1)nc(C(C)(C)C)n2CC. The van der Waals surface area contributed by atoms with Crippen LogP contribution in [-0.2, 0) is 16.7 Å². The van der Waals surface area contributed by atoms with Gasteiger partial charge in [0.15, 0.2) is 0 Å². The van der Waals surface area contributed by atoms with Crippen LogP contribution in [0.25, 0.3) is 11.0 Å². The van der Waals surface area contributed by atoms with Crippen molar-refractivity contribution in [3.63, 3.8) is 0 Å². The van der Waals surface area contributed by atoms with Crippen molar-refractivity contribution >= 4 is 16.7 Å². The minimum atomic E-state index is 0.0768. The number of fused-ring (bicyclic) bond motifs is 1. The topological polar surface area (TPSA) is 39.1 Å². The highest BCUT2D eigenvalue weighted by atomic mass is 16.5. The molecule has 0 radical (unpaired) electrons. The third kappa shape index (κ3) is 5.47. The molecule has 1 aromatic carbocycles. The number of rotatable bonds is 3. The second kappa shape index (κ2) is 9.40. The van der Waals surface area contributed by atoms with Crippen molar-refractivity contribution in [1.29, 1.82) is 0 Å². The molecule has 1 fully saturated rings. The molecule has 1 saturated heterocycles. The normalized spacial score (nSPS) is 18.2. The molecular weight excluding hydrogens is 322 g/mol. The average molecular weight is 360 g/mol. The molecule has 1 aliphatic heterocycles. The van der Waals surface area contributed by atoms with Crippen LogP contribution in [-0.4, -0.2) is 29.3 Å². The summed E-state index contributed by atoms with van der Waals surface area (Å²) in [6.07, 6.45) is 3.89. The monoisotopic (exact) mass is 359 g/mol. The van der Waals surface area contributed by atoms with Gasteiger partial charge >= 0.3 is 0 Å². The zero-order valence-corrected chi connectivity index (χ0v) is 17.6. The molecule has 0 amide bonds. The quantitative estimate of drug-likeness (QED) is 0.774. The zero-order valence-electron chi connectivity index (χ0n) is 17.6. The molecule has 0 spiro atoms. The Balaban J connectivity index is 0.000000254. The van der Waals surface area contributed by atoms with Gasteiger partial charge in [-0.1, -0.05) is 27.7 Å². The summed E-state index contributed by atoms with van der Waals surface area (Å²) in [6, 6.07) is 6.44. The van der Waals surface area contributed by atoms with Crippen molar-refractivity contribution in [2.75, 3.05) is 25.1 Å². The number of hydrogen-bond donors (Lipinski definition) is 1. The highest BCUT2D eigenvalue weighted by Crippen LogP contribution is 2.27. The number of nitrogens with one attached hydrogen (secondary N) is 1. The van der Waals surface area contributed by atoms with Crippen LogP contribution in [0.1, 0.15) is 66.6 Å². The third-order valence-electron chi connectivity index (χ3n) is 4.86. The lowest BCUT2D eigenvalue weighted by atomic mass is 9.96. The Morgan fingerprint density at radius 2 is 1.96 bits per heavy atom. The number of aromatic nitrogens is 2. The van der Waals surface area contributed by atoms with Crippen molar-refractivity contribution in [3.8, 4) is 0 Å². The second-order valence-electron chi connectivity index (χ2n) is 8.31. The van der Waals surface area contributed by atoms with Crippen molar-refractivity contribution < 1.29 is 4.74 Å². The molecule has 26 heavy (non-hydrogen) atoms. The van der Waals surface area contributed by atoms with Gasteiger partial charge in [-0.3, -0.25) is 0 Å². The fourth-order valence-electron chi connectivity index (χ4n) is 3.40. The molecule has 4 nitrogen and oxygen atoms in total. The summed E-state index contributed by atoms with van der Waals surface area (Å²) in [6.45, 7) is 17.1. The summed E-state index contributed by atoms with van der Waals surface area (Å²) in [5.41, 5.74) is 3.53. The van der Waals surface area contributed by atoms with E-state index >= 15 is 0 Å². The van der Waals surface area contributed by atoms with Gasteiger partial charge in [-0.05, 0) is 57.2 Å². The summed E-state index contributed by atoms with van der Waals surface area (Å²) >= 11 is 0. The Kier molecular flexibility index (Phi) is 7.51. The minimum absolute atomic E-state index is 0.0768. The number of nitrogens with zero attached hydrogens (tertiary/aromatic N) is 2. The van der Waals surface area contributed by atoms with Crippen LogP contribution in [0.15, 0.2) is 18.2 Å². The van der Waals surface area contributed by atoms with E-state index in [0.29, 0.717) is 0 Å². The molecule has 1 unspecified atom stereocenters. The van der Waals surface area contributed by atoms with Crippen molar-refractivity contribution in [1.82, 2.24) is 9.55 Å². The van der Waals surface area contributed by atoms with Crippen LogP contribution in [0.4, 0.5) is 5.69 Å². The Bertz CT molecular complexity index is 676. The van der Waals surface area contributed by atoms with Gasteiger partial charge in [-0.25, -0.2) is 4.98 Å². The van der Waals surface area contributed by atoms with E-state index < -0.39 is 0 Å². The largest absolute Gasteiger partial charge is 0.385 e. The van der Waals surface area contributed by atoms with E-state index in [-0.39, 0.29) is 5.41 Å². The molecule has 0 saturated carbocycles. The fraction of sp³-hybridized carbons (Fsp3) is 0.682. The van der Waals surface area contributed by atoms with Gasteiger partial charge in [-0.2, -0.15) is 0 Å². The van der Waals surface area contributed by atoms with Gasteiger partial charge in [0.1, 0.15) is 5.82 Å². The van der Waals surface area contributed by atoms with Gasteiger partial charge in [0.2, 0.25) is 0 Å². The highest BCUT2D eigenvalue weighted by Gasteiger charge is 2.22.